The van der Waals surface area contributed by atoms with Crippen LogP contribution in [0, 0.1) is 5.92 Å². The molecule has 1 heterocycles. The Morgan fingerprint density at radius 3 is 2.09 bits per heavy atom. The molecule has 4 rings (SSSR count). The van der Waals surface area contributed by atoms with E-state index in [4.69, 9.17) is 0 Å². The van der Waals surface area contributed by atoms with Gasteiger partial charge in [-0.25, -0.2) is 0 Å². The van der Waals surface area contributed by atoms with Crippen LogP contribution in [0.15, 0.2) is 84.9 Å². The van der Waals surface area contributed by atoms with E-state index >= 15 is 0 Å². The molecule has 1 aliphatic heterocycles. The number of likely N-dealkylation sites (tertiary alicyclic amines) is 1. The van der Waals surface area contributed by atoms with E-state index in [0.29, 0.717) is 0 Å². The molecule has 3 N–H and O–H groups in total. The van der Waals surface area contributed by atoms with Gasteiger partial charge in [0.1, 0.15) is 0 Å². The lowest BCUT2D eigenvalue weighted by Gasteiger charge is -2.32. The normalized spacial score (nSPS) is 19.0. The van der Waals surface area contributed by atoms with Gasteiger partial charge in [-0.15, -0.1) is 0 Å². The quantitative estimate of drug-likeness (QED) is 0.562. The van der Waals surface area contributed by atoms with Crippen LogP contribution in [0.25, 0.3) is 11.1 Å². The summed E-state index contributed by atoms with van der Waals surface area (Å²) in [6.07, 6.45) is 1.57. The first-order valence-corrected chi connectivity index (χ1v) is 11.3. The molecule has 5 nitrogen and oxygen atoms in total. The van der Waals surface area contributed by atoms with Crippen molar-refractivity contribution in [2.24, 2.45) is 5.92 Å². The monoisotopic (exact) mass is 428 g/mol. The van der Waals surface area contributed by atoms with Crippen molar-refractivity contribution >= 4 is 23.2 Å². The summed E-state index contributed by atoms with van der Waals surface area (Å²) in [6, 6.07) is 27.4. The number of rotatable bonds is 6. The fourth-order valence-electron chi connectivity index (χ4n) is 4.34. The van der Waals surface area contributed by atoms with E-state index in [1.54, 1.807) is 0 Å². The average Bonchev–Trinajstić information content (AvgIpc) is 2.85. The lowest BCUT2D eigenvalue weighted by molar-refractivity contribution is -0.919. The van der Waals surface area contributed by atoms with Gasteiger partial charge in [0.25, 0.3) is 5.91 Å². The van der Waals surface area contributed by atoms with Gasteiger partial charge >= 0.3 is 0 Å². The van der Waals surface area contributed by atoms with Crippen LogP contribution in [-0.2, 0) is 9.59 Å². The Bertz CT molecular complexity index is 1040. The van der Waals surface area contributed by atoms with E-state index in [1.165, 1.54) is 4.90 Å². The smallest absolute Gasteiger partial charge is 0.282 e. The third-order valence-electron chi connectivity index (χ3n) is 6.32. The molecule has 164 valence electrons. The van der Waals surface area contributed by atoms with Crippen LogP contribution in [-0.4, -0.2) is 30.9 Å². The number of hydrogen-bond acceptors (Lipinski definition) is 2. The number of carbonyl (C=O) groups is 2. The molecule has 0 spiro atoms. The molecule has 32 heavy (non-hydrogen) atoms. The third kappa shape index (κ3) is 5.24. The van der Waals surface area contributed by atoms with Crippen molar-refractivity contribution in [2.75, 3.05) is 23.7 Å². The van der Waals surface area contributed by atoms with Crippen LogP contribution < -0.4 is 15.5 Å². The first-order chi connectivity index (χ1) is 15.6. The molecule has 1 aliphatic rings. The molecule has 1 fully saturated rings. The minimum Gasteiger partial charge on any atom is -0.326 e. The topological polar surface area (TPSA) is 62.6 Å². The third-order valence-corrected chi connectivity index (χ3v) is 6.32. The van der Waals surface area contributed by atoms with Crippen LogP contribution in [0.2, 0.25) is 0 Å². The minimum atomic E-state index is -0.183. The highest BCUT2D eigenvalue weighted by Crippen LogP contribution is 2.27. The average molecular weight is 429 g/mol. The summed E-state index contributed by atoms with van der Waals surface area (Å²) in [5.74, 6) is 0.0766. The maximum absolute atomic E-state index is 13.0. The Kier molecular flexibility index (Phi) is 6.97. The molecule has 0 unspecified atom stereocenters. The Labute approximate surface area is 189 Å². The Balaban J connectivity index is 1.33. The maximum atomic E-state index is 13.0. The fraction of sp³-hybridized carbons (Fsp3) is 0.259. The van der Waals surface area contributed by atoms with Gasteiger partial charge in [-0.05, 0) is 30.7 Å². The molecule has 1 saturated heterocycles. The summed E-state index contributed by atoms with van der Waals surface area (Å²) in [6.45, 7) is 3.59. The van der Waals surface area contributed by atoms with Gasteiger partial charge in [0.2, 0.25) is 5.91 Å². The predicted octanol–water partition coefficient (Wildman–Crippen LogP) is 3.61. The molecule has 3 aromatic carbocycles. The summed E-state index contributed by atoms with van der Waals surface area (Å²) in [5.41, 5.74) is 3.75. The summed E-state index contributed by atoms with van der Waals surface area (Å²) in [5, 5.41) is 6.14. The molecule has 3 aromatic rings. The molecule has 0 saturated carbocycles. The second-order valence-electron chi connectivity index (χ2n) is 8.41. The first kappa shape index (κ1) is 21.8. The molecule has 2 amide bonds. The van der Waals surface area contributed by atoms with Crippen LogP contribution in [0.3, 0.4) is 0 Å². The van der Waals surface area contributed by atoms with Gasteiger partial charge in [0.15, 0.2) is 6.04 Å². The van der Waals surface area contributed by atoms with E-state index in [2.05, 4.69) is 10.6 Å². The standard InChI is InChI=1S/C27H29N3O2/c1-20(26(31)29-25-15-9-8-14-24(25)21-10-4-2-5-11-21)30-18-16-22(17-19-30)27(32)28-23-12-6-3-7-13-23/h2-15,20,22H,16-19H2,1H3,(H,28,32)(H,29,31)/p+1/t20-/m0/s1. The predicted molar refractivity (Wildman–Crippen MR) is 128 cm³/mol. The number of anilines is 2. The number of amides is 2. The van der Waals surface area contributed by atoms with E-state index in [9.17, 15) is 9.59 Å². The van der Waals surface area contributed by atoms with Crippen molar-refractivity contribution in [3.63, 3.8) is 0 Å². The lowest BCUT2D eigenvalue weighted by Crippen LogP contribution is -3.17. The summed E-state index contributed by atoms with van der Waals surface area (Å²) in [4.78, 5) is 26.9. The van der Waals surface area contributed by atoms with Gasteiger partial charge in [0, 0.05) is 35.7 Å². The van der Waals surface area contributed by atoms with Gasteiger partial charge in [-0.3, -0.25) is 9.59 Å². The second kappa shape index (κ2) is 10.2. The molecular weight excluding hydrogens is 398 g/mol. The number of nitrogens with one attached hydrogen (secondary N) is 3. The highest BCUT2D eigenvalue weighted by atomic mass is 16.2. The zero-order chi connectivity index (χ0) is 22.3. The van der Waals surface area contributed by atoms with Crippen molar-refractivity contribution in [3.8, 4) is 11.1 Å². The zero-order valence-electron chi connectivity index (χ0n) is 18.4. The molecular formula is C27H30N3O2+. The number of carbonyl (C=O) groups excluding carboxylic acids is 2. The van der Waals surface area contributed by atoms with Gasteiger partial charge in [-0.1, -0.05) is 66.7 Å². The largest absolute Gasteiger partial charge is 0.326 e. The summed E-state index contributed by atoms with van der Waals surface area (Å²) >= 11 is 0. The van der Waals surface area contributed by atoms with Gasteiger partial charge in [-0.2, -0.15) is 0 Å². The van der Waals surface area contributed by atoms with Crippen molar-refractivity contribution in [2.45, 2.75) is 25.8 Å². The molecule has 0 bridgehead atoms. The number of quaternary nitrogens is 1. The zero-order valence-corrected chi connectivity index (χ0v) is 18.4. The highest BCUT2D eigenvalue weighted by molar-refractivity contribution is 5.97. The molecule has 5 heteroatoms. The number of piperidine rings is 1. The Hall–Kier alpha value is -3.44. The molecule has 0 aromatic heterocycles. The van der Waals surface area contributed by atoms with Gasteiger partial charge < -0.3 is 15.5 Å². The molecule has 0 radical (unpaired) electrons. The molecule has 0 aliphatic carbocycles. The van der Waals surface area contributed by atoms with Gasteiger partial charge in [0.05, 0.1) is 13.1 Å². The number of benzene rings is 3. The van der Waals surface area contributed by atoms with Crippen LogP contribution in [0.1, 0.15) is 19.8 Å². The van der Waals surface area contributed by atoms with Crippen LogP contribution >= 0.6 is 0 Å². The van der Waals surface area contributed by atoms with Crippen molar-refractivity contribution in [1.82, 2.24) is 0 Å². The van der Waals surface area contributed by atoms with E-state index < -0.39 is 0 Å². The first-order valence-electron chi connectivity index (χ1n) is 11.3. The fourth-order valence-corrected chi connectivity index (χ4v) is 4.34. The van der Waals surface area contributed by atoms with E-state index in [0.717, 1.165) is 48.4 Å². The summed E-state index contributed by atoms with van der Waals surface area (Å²) < 4.78 is 0. The minimum absolute atomic E-state index is 0.00646. The maximum Gasteiger partial charge on any atom is 0.282 e. The highest BCUT2D eigenvalue weighted by Gasteiger charge is 2.33. The second-order valence-corrected chi connectivity index (χ2v) is 8.41. The SMILES string of the molecule is C[C@@H](C(=O)Nc1ccccc1-c1ccccc1)[NH+]1CCC(C(=O)Nc2ccccc2)CC1. The lowest BCUT2D eigenvalue weighted by atomic mass is 9.94. The van der Waals surface area contributed by atoms with Crippen molar-refractivity contribution < 1.29 is 14.5 Å². The van der Waals surface area contributed by atoms with E-state index in [-0.39, 0.29) is 23.8 Å². The van der Waals surface area contributed by atoms with Crippen LogP contribution in [0.4, 0.5) is 11.4 Å². The number of hydrogen-bond donors (Lipinski definition) is 3. The Morgan fingerprint density at radius 2 is 1.41 bits per heavy atom. The summed E-state index contributed by atoms with van der Waals surface area (Å²) in [7, 11) is 0. The molecule has 1 atom stereocenters. The van der Waals surface area contributed by atoms with Crippen molar-refractivity contribution in [3.05, 3.63) is 84.9 Å². The van der Waals surface area contributed by atoms with Crippen molar-refractivity contribution in [1.29, 1.82) is 0 Å². The van der Waals surface area contributed by atoms with E-state index in [1.807, 2.05) is 91.9 Å². The Morgan fingerprint density at radius 1 is 0.812 bits per heavy atom. The number of para-hydroxylation sites is 2. The van der Waals surface area contributed by atoms with Crippen LogP contribution in [0.5, 0.6) is 0 Å².